The summed E-state index contributed by atoms with van der Waals surface area (Å²) in [6.07, 6.45) is -3.10. The molecule has 2 amide bonds. The van der Waals surface area contributed by atoms with E-state index in [1.807, 2.05) is 0 Å². The van der Waals surface area contributed by atoms with Crippen molar-refractivity contribution in [3.05, 3.63) is 53.3 Å². The number of alkyl halides is 3. The van der Waals surface area contributed by atoms with Crippen LogP contribution < -0.4 is 15.4 Å². The van der Waals surface area contributed by atoms with E-state index in [1.54, 1.807) is 32.2 Å². The van der Waals surface area contributed by atoms with Crippen molar-refractivity contribution in [2.75, 3.05) is 30.8 Å². The third-order valence-electron chi connectivity index (χ3n) is 5.24. The Morgan fingerprint density at radius 2 is 1.97 bits per heavy atom. The summed E-state index contributed by atoms with van der Waals surface area (Å²) in [4.78, 5) is 34.0. The second-order valence-electron chi connectivity index (χ2n) is 7.89. The van der Waals surface area contributed by atoms with Gasteiger partial charge in [-0.1, -0.05) is 17.4 Å². The van der Waals surface area contributed by atoms with Crippen LogP contribution in [0.2, 0.25) is 0 Å². The normalized spacial score (nSPS) is 11.4. The van der Waals surface area contributed by atoms with Crippen molar-refractivity contribution < 1.29 is 27.5 Å². The van der Waals surface area contributed by atoms with Crippen LogP contribution in [0.15, 0.2) is 36.5 Å². The molecule has 3 heterocycles. The number of aromatic nitrogens is 3. The topological polar surface area (TPSA) is 109 Å². The molecule has 0 unspecified atom stereocenters. The highest BCUT2D eigenvalue weighted by Crippen LogP contribution is 2.39. The number of ether oxygens (including phenoxy) is 1. The summed E-state index contributed by atoms with van der Waals surface area (Å²) >= 11 is 2.05. The molecule has 0 saturated carbocycles. The van der Waals surface area contributed by atoms with Crippen LogP contribution in [0.5, 0.6) is 5.88 Å². The Kier molecular flexibility index (Phi) is 7.59. The molecule has 37 heavy (non-hydrogen) atoms. The van der Waals surface area contributed by atoms with Crippen molar-refractivity contribution in [2.45, 2.75) is 20.0 Å². The molecule has 3 aromatic heterocycles. The molecule has 14 heteroatoms. The second kappa shape index (κ2) is 10.7. The first-order chi connectivity index (χ1) is 17.5. The molecule has 9 nitrogen and oxygen atoms in total. The lowest BCUT2D eigenvalue weighted by Crippen LogP contribution is -2.28. The van der Waals surface area contributed by atoms with Crippen molar-refractivity contribution in [1.29, 1.82) is 0 Å². The number of nitrogens with zero attached hydrogens (tertiary/aromatic N) is 4. The number of carbonyl (C=O) groups excluding carboxylic acids is 2. The van der Waals surface area contributed by atoms with Crippen molar-refractivity contribution in [1.82, 2.24) is 19.2 Å². The zero-order chi connectivity index (χ0) is 26.7. The first-order valence-electron chi connectivity index (χ1n) is 10.8. The van der Waals surface area contributed by atoms with Crippen LogP contribution in [0.1, 0.15) is 28.5 Å². The van der Waals surface area contributed by atoms with Crippen molar-refractivity contribution >= 4 is 60.7 Å². The molecule has 0 aliphatic carbocycles. The summed E-state index contributed by atoms with van der Waals surface area (Å²) in [5, 5.41) is 6.25. The average Bonchev–Trinajstić information content (AvgIpc) is 3.41. The molecule has 0 radical (unpaired) electrons. The number of thiazole rings is 1. The maximum Gasteiger partial charge on any atom is 0.418 e. The molecule has 0 bridgehead atoms. The van der Waals surface area contributed by atoms with Gasteiger partial charge < -0.3 is 20.3 Å². The largest absolute Gasteiger partial charge is 0.476 e. The van der Waals surface area contributed by atoms with Crippen molar-refractivity contribution in [3.63, 3.8) is 0 Å². The number of hydrogen-bond acceptors (Lipinski definition) is 9. The van der Waals surface area contributed by atoms with Crippen LogP contribution in [0, 0.1) is 6.92 Å². The molecule has 1 aromatic carbocycles. The van der Waals surface area contributed by atoms with Gasteiger partial charge in [0, 0.05) is 20.0 Å². The highest BCUT2D eigenvalue weighted by atomic mass is 32.1. The van der Waals surface area contributed by atoms with Crippen LogP contribution in [0.3, 0.4) is 0 Å². The van der Waals surface area contributed by atoms with Crippen LogP contribution in [0.4, 0.5) is 29.0 Å². The Labute approximate surface area is 217 Å². The van der Waals surface area contributed by atoms with Gasteiger partial charge in [0.2, 0.25) is 11.8 Å². The van der Waals surface area contributed by atoms with E-state index in [0.29, 0.717) is 33.5 Å². The fourth-order valence-electron chi connectivity index (χ4n) is 3.23. The van der Waals surface area contributed by atoms with Gasteiger partial charge in [-0.25, -0.2) is 9.97 Å². The first kappa shape index (κ1) is 26.3. The maximum absolute atomic E-state index is 13.3. The van der Waals surface area contributed by atoms with E-state index < -0.39 is 17.6 Å². The van der Waals surface area contributed by atoms with E-state index in [1.165, 1.54) is 24.1 Å². The van der Waals surface area contributed by atoms with Crippen LogP contribution in [-0.4, -0.2) is 51.3 Å². The Morgan fingerprint density at radius 1 is 1.19 bits per heavy atom. The van der Waals surface area contributed by atoms with E-state index in [9.17, 15) is 22.8 Å². The Bertz CT molecular complexity index is 1440. The molecular weight excluding hydrogens is 529 g/mol. The van der Waals surface area contributed by atoms with Gasteiger partial charge in [0.05, 0.1) is 45.5 Å². The summed E-state index contributed by atoms with van der Waals surface area (Å²) in [5.74, 6) is -0.208. The van der Waals surface area contributed by atoms with Gasteiger partial charge in [-0.05, 0) is 36.7 Å². The number of amides is 2. The summed E-state index contributed by atoms with van der Waals surface area (Å²) in [6, 6.07) is 7.07. The molecule has 4 rings (SSSR count). The minimum absolute atomic E-state index is 0.0733. The summed E-state index contributed by atoms with van der Waals surface area (Å²) < 4.78 is 50.1. The molecule has 2 N–H and O–H groups in total. The number of benzene rings is 1. The molecule has 0 spiro atoms. The molecule has 0 aliphatic rings. The molecule has 0 atom stereocenters. The number of rotatable bonds is 8. The van der Waals surface area contributed by atoms with Gasteiger partial charge in [0.25, 0.3) is 5.91 Å². The zero-order valence-electron chi connectivity index (χ0n) is 19.8. The van der Waals surface area contributed by atoms with E-state index in [0.717, 1.165) is 28.9 Å². The minimum atomic E-state index is -4.53. The Hall–Kier alpha value is -3.78. The van der Waals surface area contributed by atoms with Crippen molar-refractivity contribution in [2.24, 2.45) is 0 Å². The van der Waals surface area contributed by atoms with Gasteiger partial charge in [-0.3, -0.25) is 9.59 Å². The van der Waals surface area contributed by atoms with Gasteiger partial charge >= 0.3 is 6.18 Å². The van der Waals surface area contributed by atoms with Gasteiger partial charge in [0.15, 0.2) is 5.13 Å². The monoisotopic (exact) mass is 550 g/mol. The number of likely N-dealkylation sites (N-methyl/N-ethyl adjacent to an activating group) is 1. The molecule has 4 aromatic rings. The lowest BCUT2D eigenvalue weighted by molar-refractivity contribution is -0.136. The Morgan fingerprint density at radius 3 is 2.65 bits per heavy atom. The molecule has 0 saturated heterocycles. The fourth-order valence-corrected chi connectivity index (χ4v) is 4.98. The van der Waals surface area contributed by atoms with Crippen LogP contribution >= 0.6 is 22.9 Å². The SMILES string of the molecule is CC(=O)N(C)CCOc1ccc(NC(=O)c2c(C)nsc2Nc2nc3c(C(F)(F)F)cccc3s2)cn1. The second-order valence-corrected chi connectivity index (χ2v) is 9.70. The number of carbonyl (C=O) groups is 2. The number of fused-ring (bicyclic) bond motifs is 1. The first-order valence-corrected chi connectivity index (χ1v) is 12.4. The highest BCUT2D eigenvalue weighted by Gasteiger charge is 2.34. The third-order valence-corrected chi connectivity index (χ3v) is 7.03. The predicted octanol–water partition coefficient (Wildman–Crippen LogP) is 5.33. The molecule has 0 aliphatic heterocycles. The number of anilines is 3. The number of nitrogens with one attached hydrogen (secondary N) is 2. The number of halogens is 3. The zero-order valence-corrected chi connectivity index (χ0v) is 21.5. The van der Waals surface area contributed by atoms with Crippen molar-refractivity contribution in [3.8, 4) is 5.88 Å². The lowest BCUT2D eigenvalue weighted by atomic mass is 10.2. The molecule has 0 fully saturated rings. The minimum Gasteiger partial charge on any atom is -0.476 e. The quantitative estimate of drug-likeness (QED) is 0.305. The van der Waals surface area contributed by atoms with E-state index in [2.05, 4.69) is 25.0 Å². The van der Waals surface area contributed by atoms with E-state index >= 15 is 0 Å². The van der Waals surface area contributed by atoms with E-state index in [-0.39, 0.29) is 28.7 Å². The fraction of sp³-hybridized carbons (Fsp3) is 0.261. The molecule has 194 valence electrons. The standard InChI is InChI=1S/C23H21F3N6O3S2/c1-12-18(20(34)28-14-7-8-17(27-11-14)35-10-9-32(3)13(2)33)21(37-31-12)30-22-29-19-15(23(24,25)26)5-4-6-16(19)36-22/h4-8,11H,9-10H2,1-3H3,(H,28,34)(H,29,30). The Balaban J connectivity index is 1.45. The van der Waals surface area contributed by atoms with Crippen LogP contribution in [-0.2, 0) is 11.0 Å². The summed E-state index contributed by atoms with van der Waals surface area (Å²) in [6.45, 7) is 3.79. The molecular formula is C23H21F3N6O3S2. The number of para-hydroxylation sites is 1. The van der Waals surface area contributed by atoms with Gasteiger partial charge in [0.1, 0.15) is 11.6 Å². The van der Waals surface area contributed by atoms with Crippen LogP contribution in [0.25, 0.3) is 10.2 Å². The maximum atomic E-state index is 13.3. The van der Waals surface area contributed by atoms with Gasteiger partial charge in [-0.2, -0.15) is 17.5 Å². The smallest absolute Gasteiger partial charge is 0.418 e. The number of hydrogen-bond donors (Lipinski definition) is 2. The third kappa shape index (κ3) is 6.14. The lowest BCUT2D eigenvalue weighted by Gasteiger charge is -2.14. The summed E-state index contributed by atoms with van der Waals surface area (Å²) in [5.41, 5.74) is 0.122. The predicted molar refractivity (Wildman–Crippen MR) is 136 cm³/mol. The summed E-state index contributed by atoms with van der Waals surface area (Å²) in [7, 11) is 1.67. The highest BCUT2D eigenvalue weighted by molar-refractivity contribution is 7.22. The van der Waals surface area contributed by atoms with E-state index in [4.69, 9.17) is 4.74 Å². The van der Waals surface area contributed by atoms with Gasteiger partial charge in [-0.15, -0.1) is 0 Å². The number of aryl methyl sites for hydroxylation is 1. The average molecular weight is 551 g/mol. The number of pyridine rings is 1.